The fraction of sp³-hybridized carbons (Fsp3) is 0.667. The van der Waals surface area contributed by atoms with Crippen molar-refractivity contribution in [2.45, 2.75) is 32.6 Å². The summed E-state index contributed by atoms with van der Waals surface area (Å²) in [6.45, 7) is 1.48. The van der Waals surface area contributed by atoms with E-state index in [9.17, 15) is 14.4 Å². The minimum absolute atomic E-state index is 0.0226. The Kier molecular flexibility index (Phi) is 7.40. The highest BCUT2D eigenvalue weighted by molar-refractivity contribution is 5.73. The molecule has 0 aromatic rings. The molecule has 0 N–H and O–H groups in total. The van der Waals surface area contributed by atoms with Crippen LogP contribution in [0, 0.1) is 0 Å². The highest BCUT2D eigenvalue weighted by atomic mass is 16.7. The van der Waals surface area contributed by atoms with E-state index >= 15 is 0 Å². The van der Waals surface area contributed by atoms with E-state index in [1.54, 1.807) is 0 Å². The molecule has 0 aliphatic rings. The molecular formula is C9H14O5. The van der Waals surface area contributed by atoms with Gasteiger partial charge in [-0.2, -0.15) is 0 Å². The molecule has 5 nitrogen and oxygen atoms in total. The molecule has 0 aromatic carbocycles. The van der Waals surface area contributed by atoms with E-state index in [1.165, 1.54) is 0 Å². The van der Waals surface area contributed by atoms with Crippen LogP contribution in [0.3, 0.4) is 0 Å². The fourth-order valence-electron chi connectivity index (χ4n) is 0.686. The van der Waals surface area contributed by atoms with Gasteiger partial charge in [-0.15, -0.1) is 0 Å². The van der Waals surface area contributed by atoms with Crippen molar-refractivity contribution in [2.24, 2.45) is 0 Å². The third-order valence-electron chi connectivity index (χ3n) is 1.36. The summed E-state index contributed by atoms with van der Waals surface area (Å²) in [4.78, 5) is 31.4. The summed E-state index contributed by atoms with van der Waals surface area (Å²) in [5.41, 5.74) is 0. The van der Waals surface area contributed by atoms with Crippen molar-refractivity contribution < 1.29 is 23.9 Å². The first kappa shape index (κ1) is 12.6. The summed E-state index contributed by atoms with van der Waals surface area (Å²) < 4.78 is 9.08. The SMILES string of the molecule is CCCC(=O)OCOC(=O)CCC=O. The fourth-order valence-corrected chi connectivity index (χ4v) is 0.686. The predicted octanol–water partition coefficient (Wildman–Crippen LogP) is 0.809. The summed E-state index contributed by atoms with van der Waals surface area (Å²) >= 11 is 0. The Labute approximate surface area is 82.4 Å². The van der Waals surface area contributed by atoms with Gasteiger partial charge in [-0.05, 0) is 6.42 Å². The second kappa shape index (κ2) is 8.22. The normalized spacial score (nSPS) is 9.21. The first-order valence-electron chi connectivity index (χ1n) is 4.45. The third-order valence-corrected chi connectivity index (χ3v) is 1.36. The van der Waals surface area contributed by atoms with E-state index in [1.807, 2.05) is 6.92 Å². The van der Waals surface area contributed by atoms with Gasteiger partial charge in [0, 0.05) is 12.8 Å². The summed E-state index contributed by atoms with van der Waals surface area (Å²) in [5.74, 6) is -0.933. The molecule has 14 heavy (non-hydrogen) atoms. The van der Waals surface area contributed by atoms with Crippen molar-refractivity contribution in [1.29, 1.82) is 0 Å². The van der Waals surface area contributed by atoms with Gasteiger partial charge in [-0.25, -0.2) is 0 Å². The molecule has 0 radical (unpaired) electrons. The predicted molar refractivity (Wildman–Crippen MR) is 47.3 cm³/mol. The van der Waals surface area contributed by atoms with Gasteiger partial charge in [0.2, 0.25) is 6.79 Å². The average Bonchev–Trinajstić information content (AvgIpc) is 2.15. The maximum Gasteiger partial charge on any atom is 0.309 e. The van der Waals surface area contributed by atoms with E-state index in [-0.39, 0.29) is 19.6 Å². The highest BCUT2D eigenvalue weighted by Gasteiger charge is 2.04. The molecule has 0 rings (SSSR count). The van der Waals surface area contributed by atoms with Crippen molar-refractivity contribution in [3.8, 4) is 0 Å². The standard InChI is InChI=1S/C9H14O5/c1-2-4-8(11)13-7-14-9(12)5-3-6-10/h6H,2-5,7H2,1H3. The Morgan fingerprint density at radius 2 is 1.71 bits per heavy atom. The van der Waals surface area contributed by atoms with Gasteiger partial charge in [-0.3, -0.25) is 9.59 Å². The quantitative estimate of drug-likeness (QED) is 0.347. The summed E-state index contributed by atoms with van der Waals surface area (Å²) in [5, 5.41) is 0. The first-order valence-corrected chi connectivity index (χ1v) is 4.45. The van der Waals surface area contributed by atoms with Crippen LogP contribution in [0.5, 0.6) is 0 Å². The number of esters is 2. The molecular weight excluding hydrogens is 188 g/mol. The maximum atomic E-state index is 10.8. The lowest BCUT2D eigenvalue weighted by Gasteiger charge is -2.04. The van der Waals surface area contributed by atoms with Crippen molar-refractivity contribution in [3.05, 3.63) is 0 Å². The zero-order valence-corrected chi connectivity index (χ0v) is 8.15. The number of carbonyl (C=O) groups excluding carboxylic acids is 3. The van der Waals surface area contributed by atoms with Crippen LogP contribution < -0.4 is 0 Å². The number of rotatable bonds is 7. The molecule has 0 saturated heterocycles. The Morgan fingerprint density at radius 1 is 1.14 bits per heavy atom. The van der Waals surface area contributed by atoms with Crippen LogP contribution in [0.1, 0.15) is 32.6 Å². The minimum Gasteiger partial charge on any atom is -0.428 e. The highest BCUT2D eigenvalue weighted by Crippen LogP contribution is 1.94. The molecule has 0 unspecified atom stereocenters. The Morgan fingerprint density at radius 3 is 2.21 bits per heavy atom. The molecule has 0 fully saturated rings. The van der Waals surface area contributed by atoms with Gasteiger partial charge in [0.15, 0.2) is 0 Å². The van der Waals surface area contributed by atoms with Crippen LogP contribution in [-0.4, -0.2) is 25.0 Å². The molecule has 0 aliphatic carbocycles. The molecule has 0 amide bonds. The van der Waals surface area contributed by atoms with Crippen LogP contribution in [0.15, 0.2) is 0 Å². The second-order valence-electron chi connectivity index (χ2n) is 2.61. The summed E-state index contributed by atoms with van der Waals surface area (Å²) in [6.07, 6.45) is 1.78. The number of aldehydes is 1. The molecule has 0 saturated carbocycles. The summed E-state index contributed by atoms with van der Waals surface area (Å²) in [7, 11) is 0. The van der Waals surface area contributed by atoms with E-state index in [0.29, 0.717) is 19.1 Å². The Bertz CT molecular complexity index is 199. The smallest absolute Gasteiger partial charge is 0.309 e. The van der Waals surface area contributed by atoms with E-state index in [4.69, 9.17) is 0 Å². The zero-order chi connectivity index (χ0) is 10.8. The average molecular weight is 202 g/mol. The lowest BCUT2D eigenvalue weighted by molar-refractivity contribution is -0.167. The molecule has 0 spiro atoms. The van der Waals surface area contributed by atoms with Crippen LogP contribution >= 0.6 is 0 Å². The minimum atomic E-state index is -0.540. The van der Waals surface area contributed by atoms with Gasteiger partial charge in [0.25, 0.3) is 0 Å². The van der Waals surface area contributed by atoms with E-state index in [0.717, 1.165) is 0 Å². The zero-order valence-electron chi connectivity index (χ0n) is 8.15. The van der Waals surface area contributed by atoms with Crippen LogP contribution in [0.4, 0.5) is 0 Å². The Balaban J connectivity index is 3.39. The van der Waals surface area contributed by atoms with Crippen molar-refractivity contribution in [1.82, 2.24) is 0 Å². The van der Waals surface area contributed by atoms with Crippen molar-refractivity contribution >= 4 is 18.2 Å². The molecule has 0 bridgehead atoms. The monoisotopic (exact) mass is 202 g/mol. The lowest BCUT2D eigenvalue weighted by atomic mass is 10.3. The molecule has 0 atom stereocenters. The number of ether oxygens (including phenoxy) is 2. The molecule has 0 heterocycles. The van der Waals surface area contributed by atoms with Crippen LogP contribution in [0.2, 0.25) is 0 Å². The molecule has 5 heteroatoms. The van der Waals surface area contributed by atoms with Crippen molar-refractivity contribution in [2.75, 3.05) is 6.79 Å². The van der Waals surface area contributed by atoms with Gasteiger partial charge in [0.1, 0.15) is 6.29 Å². The third kappa shape index (κ3) is 7.27. The molecule has 0 aliphatic heterocycles. The van der Waals surface area contributed by atoms with Gasteiger partial charge >= 0.3 is 11.9 Å². The lowest BCUT2D eigenvalue weighted by Crippen LogP contribution is -2.12. The largest absolute Gasteiger partial charge is 0.428 e. The summed E-state index contributed by atoms with van der Waals surface area (Å²) in [6, 6.07) is 0. The second-order valence-corrected chi connectivity index (χ2v) is 2.61. The van der Waals surface area contributed by atoms with E-state index < -0.39 is 11.9 Å². The number of hydrogen-bond donors (Lipinski definition) is 0. The van der Waals surface area contributed by atoms with Gasteiger partial charge in [-0.1, -0.05) is 6.92 Å². The Hall–Kier alpha value is -1.39. The number of carbonyl (C=O) groups is 3. The number of hydrogen-bond acceptors (Lipinski definition) is 5. The van der Waals surface area contributed by atoms with Crippen LogP contribution in [-0.2, 0) is 23.9 Å². The topological polar surface area (TPSA) is 69.7 Å². The van der Waals surface area contributed by atoms with Crippen molar-refractivity contribution in [3.63, 3.8) is 0 Å². The van der Waals surface area contributed by atoms with Gasteiger partial charge in [0.05, 0.1) is 6.42 Å². The van der Waals surface area contributed by atoms with Crippen LogP contribution in [0.25, 0.3) is 0 Å². The molecule has 0 aromatic heterocycles. The van der Waals surface area contributed by atoms with Gasteiger partial charge < -0.3 is 14.3 Å². The molecule has 80 valence electrons. The first-order chi connectivity index (χ1) is 6.70. The van der Waals surface area contributed by atoms with E-state index in [2.05, 4.69) is 9.47 Å². The maximum absolute atomic E-state index is 10.8.